The summed E-state index contributed by atoms with van der Waals surface area (Å²) in [4.78, 5) is 11.6. The zero-order chi connectivity index (χ0) is 13.6. The minimum atomic E-state index is -1.07. The van der Waals surface area contributed by atoms with Crippen molar-refractivity contribution in [3.05, 3.63) is 12.7 Å². The van der Waals surface area contributed by atoms with E-state index in [4.69, 9.17) is 4.74 Å². The summed E-state index contributed by atoms with van der Waals surface area (Å²) in [6, 6.07) is 0. The first-order valence-electron chi connectivity index (χ1n) is 6.01. The Morgan fingerprint density at radius 3 is 2.74 bits per heavy atom. The number of ether oxygens (including phenoxy) is 1. The molecule has 1 aliphatic heterocycles. The highest BCUT2D eigenvalue weighted by molar-refractivity contribution is 5.75. The molecule has 0 radical (unpaired) electrons. The van der Waals surface area contributed by atoms with E-state index in [0.717, 1.165) is 0 Å². The van der Waals surface area contributed by atoms with Crippen LogP contribution in [0.4, 0.5) is 0 Å². The van der Waals surface area contributed by atoms with E-state index in [1.165, 1.54) is 17.2 Å². The van der Waals surface area contributed by atoms with E-state index in [9.17, 15) is 15.3 Å². The summed E-state index contributed by atoms with van der Waals surface area (Å²) in [5.74, 6) is -0.233. The number of nitrogens with zero attached hydrogens (tertiary/aromatic N) is 4. The van der Waals surface area contributed by atoms with Crippen LogP contribution in [-0.2, 0) is 4.74 Å². The van der Waals surface area contributed by atoms with Gasteiger partial charge in [0.15, 0.2) is 17.4 Å². The van der Waals surface area contributed by atoms with Gasteiger partial charge in [0.1, 0.15) is 18.5 Å². The fourth-order valence-electron chi connectivity index (χ4n) is 2.32. The summed E-state index contributed by atoms with van der Waals surface area (Å²) in [5, 5.41) is 29.5. The largest absolute Gasteiger partial charge is 0.492 e. The number of imidazole rings is 1. The summed E-state index contributed by atoms with van der Waals surface area (Å²) < 4.78 is 7.09. The predicted molar refractivity (Wildman–Crippen MR) is 63.2 cm³/mol. The van der Waals surface area contributed by atoms with Gasteiger partial charge in [-0.1, -0.05) is 6.92 Å². The molecule has 0 saturated carbocycles. The SMILES string of the molecule is CC[C@H]1O[C@@H](n2cnc3c(O)ncnc32)[C@H](O)[C@@H]1O. The maximum Gasteiger partial charge on any atom is 0.242 e. The average Bonchev–Trinajstić information content (AvgIpc) is 2.94. The van der Waals surface area contributed by atoms with Crippen LogP contribution >= 0.6 is 0 Å². The molecule has 0 unspecified atom stereocenters. The van der Waals surface area contributed by atoms with Crippen LogP contribution in [0, 0.1) is 0 Å². The van der Waals surface area contributed by atoms with Gasteiger partial charge >= 0.3 is 0 Å². The monoisotopic (exact) mass is 266 g/mol. The number of hydrogen-bond donors (Lipinski definition) is 3. The molecule has 1 fully saturated rings. The normalized spacial score (nSPS) is 31.1. The molecule has 0 aromatic carbocycles. The molecule has 0 aliphatic carbocycles. The molecule has 1 aliphatic rings. The quantitative estimate of drug-likeness (QED) is 0.675. The molecule has 8 heteroatoms. The molecule has 19 heavy (non-hydrogen) atoms. The molecule has 0 spiro atoms. The lowest BCUT2D eigenvalue weighted by Crippen LogP contribution is -2.31. The van der Waals surface area contributed by atoms with Crippen molar-refractivity contribution in [2.45, 2.75) is 37.9 Å². The zero-order valence-electron chi connectivity index (χ0n) is 10.2. The van der Waals surface area contributed by atoms with Crippen LogP contribution < -0.4 is 0 Å². The third kappa shape index (κ3) is 1.76. The lowest BCUT2D eigenvalue weighted by atomic mass is 10.1. The molecule has 0 bridgehead atoms. The van der Waals surface area contributed by atoms with E-state index >= 15 is 0 Å². The fourth-order valence-corrected chi connectivity index (χ4v) is 2.32. The van der Waals surface area contributed by atoms with Crippen LogP contribution in [0.2, 0.25) is 0 Å². The smallest absolute Gasteiger partial charge is 0.242 e. The van der Waals surface area contributed by atoms with Crippen LogP contribution in [0.15, 0.2) is 12.7 Å². The second-order valence-corrected chi connectivity index (χ2v) is 4.48. The van der Waals surface area contributed by atoms with Gasteiger partial charge in [0.25, 0.3) is 0 Å². The van der Waals surface area contributed by atoms with Crippen molar-refractivity contribution in [3.63, 3.8) is 0 Å². The molecule has 2 aromatic heterocycles. The topological polar surface area (TPSA) is 114 Å². The minimum absolute atomic E-state index is 0.229. The molecular weight excluding hydrogens is 252 g/mol. The standard InChI is InChI=1S/C11H14N4O4/c1-2-5-7(16)8(17)11(19-5)15-4-14-6-9(15)12-3-13-10(6)18/h3-5,7-8,11,16-17H,2H2,1H3,(H,12,13,18)/t5-,7-,8-,11-/m1/s1. The maximum atomic E-state index is 10.0. The van der Waals surface area contributed by atoms with Crippen LogP contribution in [-0.4, -0.2) is 53.2 Å². The van der Waals surface area contributed by atoms with E-state index in [1.807, 2.05) is 6.92 Å². The van der Waals surface area contributed by atoms with E-state index in [2.05, 4.69) is 15.0 Å². The van der Waals surface area contributed by atoms with E-state index < -0.39 is 24.5 Å². The van der Waals surface area contributed by atoms with Crippen LogP contribution in [0.5, 0.6) is 5.88 Å². The molecule has 3 heterocycles. The van der Waals surface area contributed by atoms with Gasteiger partial charge in [-0.3, -0.25) is 4.57 Å². The number of hydrogen-bond acceptors (Lipinski definition) is 7. The number of aliphatic hydroxyl groups is 2. The zero-order valence-corrected chi connectivity index (χ0v) is 10.2. The lowest BCUT2D eigenvalue weighted by Gasteiger charge is -2.16. The molecule has 1 saturated heterocycles. The summed E-state index contributed by atoms with van der Waals surface area (Å²) in [6.07, 6.45) is -0.0565. The van der Waals surface area contributed by atoms with Crippen molar-refractivity contribution in [1.82, 2.24) is 19.5 Å². The number of aromatic hydroxyl groups is 1. The van der Waals surface area contributed by atoms with Crippen LogP contribution in [0.3, 0.4) is 0 Å². The first kappa shape index (κ1) is 12.3. The minimum Gasteiger partial charge on any atom is -0.492 e. The Bertz CT molecular complexity index is 601. The van der Waals surface area contributed by atoms with Crippen molar-refractivity contribution in [1.29, 1.82) is 0 Å². The number of aromatic nitrogens is 4. The van der Waals surface area contributed by atoms with Gasteiger partial charge in [-0.05, 0) is 6.42 Å². The van der Waals surface area contributed by atoms with E-state index in [0.29, 0.717) is 12.1 Å². The van der Waals surface area contributed by atoms with Gasteiger partial charge in [-0.2, -0.15) is 4.98 Å². The van der Waals surface area contributed by atoms with Crippen molar-refractivity contribution in [3.8, 4) is 5.88 Å². The van der Waals surface area contributed by atoms with E-state index in [-0.39, 0.29) is 11.4 Å². The highest BCUT2D eigenvalue weighted by Gasteiger charge is 2.43. The molecule has 8 nitrogen and oxygen atoms in total. The Morgan fingerprint density at radius 2 is 2.05 bits per heavy atom. The Balaban J connectivity index is 2.04. The van der Waals surface area contributed by atoms with Gasteiger partial charge in [-0.25, -0.2) is 9.97 Å². The third-order valence-electron chi connectivity index (χ3n) is 3.35. The van der Waals surface area contributed by atoms with Crippen molar-refractivity contribution in [2.75, 3.05) is 0 Å². The molecule has 2 aromatic rings. The van der Waals surface area contributed by atoms with E-state index in [1.54, 1.807) is 0 Å². The Morgan fingerprint density at radius 1 is 1.26 bits per heavy atom. The average molecular weight is 266 g/mol. The number of aliphatic hydroxyl groups excluding tert-OH is 2. The molecule has 102 valence electrons. The Kier molecular flexibility index (Phi) is 2.85. The molecular formula is C11H14N4O4. The predicted octanol–water partition coefficient (Wildman–Crippen LogP) is -0.439. The van der Waals surface area contributed by atoms with Gasteiger partial charge in [0.2, 0.25) is 5.88 Å². The highest BCUT2D eigenvalue weighted by atomic mass is 16.6. The van der Waals surface area contributed by atoms with Gasteiger partial charge < -0.3 is 20.1 Å². The lowest BCUT2D eigenvalue weighted by molar-refractivity contribution is -0.0355. The summed E-state index contributed by atoms with van der Waals surface area (Å²) in [5.41, 5.74) is 0.577. The first-order valence-corrected chi connectivity index (χ1v) is 6.01. The summed E-state index contributed by atoms with van der Waals surface area (Å²) in [6.45, 7) is 1.86. The Labute approximate surface area is 108 Å². The molecule has 4 atom stereocenters. The molecule has 3 N–H and O–H groups in total. The maximum absolute atomic E-state index is 10.0. The van der Waals surface area contributed by atoms with Crippen LogP contribution in [0.1, 0.15) is 19.6 Å². The third-order valence-corrected chi connectivity index (χ3v) is 3.35. The fraction of sp³-hybridized carbons (Fsp3) is 0.545. The van der Waals surface area contributed by atoms with Crippen molar-refractivity contribution in [2.24, 2.45) is 0 Å². The summed E-state index contributed by atoms with van der Waals surface area (Å²) >= 11 is 0. The molecule has 0 amide bonds. The Hall–Kier alpha value is -1.77. The van der Waals surface area contributed by atoms with Gasteiger partial charge in [0, 0.05) is 0 Å². The van der Waals surface area contributed by atoms with Crippen molar-refractivity contribution >= 4 is 11.2 Å². The van der Waals surface area contributed by atoms with Gasteiger partial charge in [0.05, 0.1) is 12.4 Å². The van der Waals surface area contributed by atoms with Crippen molar-refractivity contribution < 1.29 is 20.1 Å². The van der Waals surface area contributed by atoms with Gasteiger partial charge in [-0.15, -0.1) is 0 Å². The highest BCUT2D eigenvalue weighted by Crippen LogP contribution is 2.33. The number of fused-ring (bicyclic) bond motifs is 1. The molecule has 3 rings (SSSR count). The number of rotatable bonds is 2. The van der Waals surface area contributed by atoms with Crippen LogP contribution in [0.25, 0.3) is 11.2 Å². The first-order chi connectivity index (χ1) is 9.13. The second-order valence-electron chi connectivity index (χ2n) is 4.48. The summed E-state index contributed by atoms with van der Waals surface area (Å²) in [7, 11) is 0. The second kappa shape index (κ2) is 4.41.